The number of hydrogen-bond donors (Lipinski definition) is 2. The number of aliphatic hydroxyl groups is 1. The Hall–Kier alpha value is -2.20. The lowest BCUT2D eigenvalue weighted by Gasteiger charge is -2.30. The molecule has 0 radical (unpaired) electrons. The molecule has 3 heterocycles. The lowest BCUT2D eigenvalue weighted by atomic mass is 10.0. The van der Waals surface area contributed by atoms with Crippen LogP contribution in [0.5, 0.6) is 5.88 Å². The molecule has 2 bridgehead atoms. The Morgan fingerprint density at radius 3 is 2.85 bits per heavy atom. The molecule has 0 spiro atoms. The number of hydrogen-bond acceptors (Lipinski definition) is 8. The van der Waals surface area contributed by atoms with Crippen LogP contribution in [0.15, 0.2) is 41.3 Å². The van der Waals surface area contributed by atoms with Crippen molar-refractivity contribution in [2.45, 2.75) is 31.0 Å². The summed E-state index contributed by atoms with van der Waals surface area (Å²) in [5.41, 5.74) is -0.783. The van der Waals surface area contributed by atoms with Gasteiger partial charge in [-0.15, -0.1) is 0 Å². The lowest BCUT2D eigenvalue weighted by molar-refractivity contribution is -0.165. The van der Waals surface area contributed by atoms with E-state index in [1.807, 2.05) is 0 Å². The summed E-state index contributed by atoms with van der Waals surface area (Å²) >= 11 is 4.23. The lowest BCUT2D eigenvalue weighted by Crippen LogP contribution is -2.43. The average Bonchev–Trinajstić information content (AvgIpc) is 3.15. The first-order valence-corrected chi connectivity index (χ1v) is 9.04. The molecular weight excluding hydrogens is 372 g/mol. The van der Waals surface area contributed by atoms with E-state index in [1.165, 1.54) is 10.8 Å². The van der Waals surface area contributed by atoms with E-state index in [4.69, 9.17) is 14.2 Å². The van der Waals surface area contributed by atoms with Crippen LogP contribution in [0.3, 0.4) is 0 Å². The fourth-order valence-corrected chi connectivity index (χ4v) is 3.67. The number of aliphatic hydroxyl groups excluding tert-OH is 1. The molecule has 2 fully saturated rings. The monoisotopic (exact) mass is 390 g/mol. The van der Waals surface area contributed by atoms with E-state index < -0.39 is 35.7 Å². The van der Waals surface area contributed by atoms with Gasteiger partial charge in [0.1, 0.15) is 17.8 Å². The average molecular weight is 390 g/mol. The zero-order chi connectivity index (χ0) is 19.2. The van der Waals surface area contributed by atoms with E-state index in [0.29, 0.717) is 11.1 Å². The molecule has 2 aromatic rings. The molecule has 27 heavy (non-hydrogen) atoms. The number of esters is 1. The maximum atomic E-state index is 12.5. The number of aromatic nitrogens is 2. The summed E-state index contributed by atoms with van der Waals surface area (Å²) in [5.74, 6) is -0.416. The van der Waals surface area contributed by atoms with Gasteiger partial charge in [-0.05, 0) is 19.1 Å². The normalized spacial score (nSPS) is 29.1. The second-order valence-corrected chi connectivity index (χ2v) is 6.94. The number of rotatable bonds is 4. The zero-order valence-corrected chi connectivity index (χ0v) is 15.3. The van der Waals surface area contributed by atoms with E-state index in [0.717, 1.165) is 0 Å². The standard InChI is InChI=1S/C18H18N2O6S/c1-10-7-20(15-12-13(21)18(9-27,26-15)8-24-12)17(23)19-14(10)25-16(22)11-5-3-2-4-6-11/h2-7,12-13,15,21,27H,8-9H2,1H3/t12-,13?,15+,18+/m0/s1. The highest BCUT2D eigenvalue weighted by Gasteiger charge is 2.61. The highest BCUT2D eigenvalue weighted by molar-refractivity contribution is 7.80. The van der Waals surface area contributed by atoms with Gasteiger partial charge in [-0.3, -0.25) is 4.57 Å². The van der Waals surface area contributed by atoms with Gasteiger partial charge in [0.2, 0.25) is 5.88 Å². The summed E-state index contributed by atoms with van der Waals surface area (Å²) in [6.07, 6.45) is -0.911. The van der Waals surface area contributed by atoms with Gasteiger partial charge in [0.15, 0.2) is 6.23 Å². The van der Waals surface area contributed by atoms with Crippen molar-refractivity contribution in [3.8, 4) is 5.88 Å². The van der Waals surface area contributed by atoms with Crippen molar-refractivity contribution in [2.24, 2.45) is 0 Å². The molecule has 2 aliphatic rings. The quantitative estimate of drug-likeness (QED) is 0.586. The first kappa shape index (κ1) is 18.2. The molecule has 0 aliphatic carbocycles. The second kappa shape index (κ2) is 6.75. The van der Waals surface area contributed by atoms with Crippen molar-refractivity contribution < 1.29 is 24.1 Å². The van der Waals surface area contributed by atoms with E-state index >= 15 is 0 Å². The number of carbonyl (C=O) groups excluding carboxylic acids is 1. The number of thiol groups is 1. The van der Waals surface area contributed by atoms with Crippen molar-refractivity contribution in [3.63, 3.8) is 0 Å². The van der Waals surface area contributed by atoms with Crippen LogP contribution in [0, 0.1) is 6.92 Å². The molecular formula is C18H18N2O6S. The fourth-order valence-electron chi connectivity index (χ4n) is 3.31. The molecule has 4 rings (SSSR count). The number of benzene rings is 1. The molecule has 142 valence electrons. The highest BCUT2D eigenvalue weighted by atomic mass is 32.1. The number of nitrogens with zero attached hydrogens (tertiary/aromatic N) is 2. The predicted octanol–water partition coefficient (Wildman–Crippen LogP) is 0.728. The molecule has 2 saturated heterocycles. The Morgan fingerprint density at radius 2 is 2.19 bits per heavy atom. The second-order valence-electron chi connectivity index (χ2n) is 6.63. The predicted molar refractivity (Wildman–Crippen MR) is 97.1 cm³/mol. The van der Waals surface area contributed by atoms with Crippen LogP contribution in [0.25, 0.3) is 0 Å². The Morgan fingerprint density at radius 1 is 1.44 bits per heavy atom. The SMILES string of the molecule is Cc1cn([C@@H]2O[C@@]3(CS)CO[C@H]2C3O)c(=O)nc1OC(=O)c1ccccc1. The molecule has 4 atom stereocenters. The van der Waals surface area contributed by atoms with Crippen LogP contribution in [-0.4, -0.2) is 50.8 Å². The van der Waals surface area contributed by atoms with Crippen LogP contribution in [0.2, 0.25) is 0 Å². The van der Waals surface area contributed by atoms with Crippen molar-refractivity contribution in [2.75, 3.05) is 12.4 Å². The third kappa shape index (κ3) is 2.96. The molecule has 0 amide bonds. The summed E-state index contributed by atoms with van der Waals surface area (Å²) in [6.45, 7) is 1.88. The zero-order valence-electron chi connectivity index (χ0n) is 14.4. The number of ether oxygens (including phenoxy) is 3. The van der Waals surface area contributed by atoms with Crippen molar-refractivity contribution >= 4 is 18.6 Å². The van der Waals surface area contributed by atoms with Gasteiger partial charge >= 0.3 is 11.7 Å². The third-order valence-electron chi connectivity index (χ3n) is 4.84. The molecule has 2 aliphatic heterocycles. The van der Waals surface area contributed by atoms with Crippen LogP contribution < -0.4 is 10.4 Å². The summed E-state index contributed by atoms with van der Waals surface area (Å²) in [5, 5.41) is 10.4. The summed E-state index contributed by atoms with van der Waals surface area (Å²) < 4.78 is 18.0. The van der Waals surface area contributed by atoms with Gasteiger partial charge < -0.3 is 19.3 Å². The van der Waals surface area contributed by atoms with Crippen molar-refractivity contribution in [3.05, 3.63) is 58.1 Å². The number of aryl methyl sites for hydroxylation is 1. The molecule has 1 aromatic carbocycles. The van der Waals surface area contributed by atoms with Gasteiger partial charge in [-0.2, -0.15) is 17.6 Å². The Kier molecular flexibility index (Phi) is 4.55. The number of carbonyl (C=O) groups is 1. The Bertz CT molecular complexity index is 933. The first-order chi connectivity index (χ1) is 12.9. The summed E-state index contributed by atoms with van der Waals surface area (Å²) in [4.78, 5) is 28.6. The van der Waals surface area contributed by atoms with Crippen molar-refractivity contribution in [1.82, 2.24) is 9.55 Å². The minimum absolute atomic E-state index is 0.0707. The maximum Gasteiger partial charge on any atom is 0.353 e. The Labute approximate surface area is 160 Å². The fraction of sp³-hybridized carbons (Fsp3) is 0.389. The van der Waals surface area contributed by atoms with E-state index in [9.17, 15) is 14.7 Å². The largest absolute Gasteiger partial charge is 0.403 e. The molecule has 0 saturated carbocycles. The maximum absolute atomic E-state index is 12.5. The first-order valence-electron chi connectivity index (χ1n) is 8.40. The minimum atomic E-state index is -0.940. The number of fused-ring (bicyclic) bond motifs is 2. The molecule has 1 unspecified atom stereocenters. The van der Waals surface area contributed by atoms with Crippen LogP contribution >= 0.6 is 12.6 Å². The molecule has 1 N–H and O–H groups in total. The summed E-state index contributed by atoms with van der Waals surface area (Å²) in [6, 6.07) is 8.42. The molecule has 9 heteroatoms. The Balaban J connectivity index is 1.60. The molecule has 1 aromatic heterocycles. The highest BCUT2D eigenvalue weighted by Crippen LogP contribution is 2.45. The van der Waals surface area contributed by atoms with E-state index in [1.54, 1.807) is 37.3 Å². The van der Waals surface area contributed by atoms with Gasteiger partial charge in [0, 0.05) is 17.5 Å². The van der Waals surface area contributed by atoms with Gasteiger partial charge in [0.25, 0.3) is 0 Å². The van der Waals surface area contributed by atoms with E-state index in [-0.39, 0.29) is 18.2 Å². The van der Waals surface area contributed by atoms with E-state index in [2.05, 4.69) is 17.6 Å². The van der Waals surface area contributed by atoms with Crippen LogP contribution in [0.1, 0.15) is 22.1 Å². The minimum Gasteiger partial charge on any atom is -0.403 e. The van der Waals surface area contributed by atoms with Crippen LogP contribution in [0.4, 0.5) is 0 Å². The topological polar surface area (TPSA) is 99.9 Å². The molecule has 8 nitrogen and oxygen atoms in total. The smallest absolute Gasteiger partial charge is 0.353 e. The van der Waals surface area contributed by atoms with Gasteiger partial charge in [0.05, 0.1) is 12.2 Å². The third-order valence-corrected chi connectivity index (χ3v) is 5.37. The van der Waals surface area contributed by atoms with Gasteiger partial charge in [-0.25, -0.2) is 9.59 Å². The van der Waals surface area contributed by atoms with Crippen molar-refractivity contribution in [1.29, 1.82) is 0 Å². The van der Waals surface area contributed by atoms with Crippen LogP contribution in [-0.2, 0) is 9.47 Å². The van der Waals surface area contributed by atoms with Gasteiger partial charge in [-0.1, -0.05) is 18.2 Å². The summed E-state index contributed by atoms with van der Waals surface area (Å²) in [7, 11) is 0.